The molecule has 0 aliphatic carbocycles. The van der Waals surface area contributed by atoms with Crippen molar-refractivity contribution in [1.29, 1.82) is 0 Å². The van der Waals surface area contributed by atoms with Gasteiger partial charge in [0.25, 0.3) is 0 Å². The molecule has 2 N–H and O–H groups in total. The second-order valence-electron chi connectivity index (χ2n) is 3.82. The van der Waals surface area contributed by atoms with E-state index in [0.717, 1.165) is 12.1 Å². The Morgan fingerprint density at radius 2 is 2.00 bits per heavy atom. The fourth-order valence-electron chi connectivity index (χ4n) is 1.55. The number of aromatic nitrogens is 3. The predicted molar refractivity (Wildman–Crippen MR) is 73.4 cm³/mol. The van der Waals surface area contributed by atoms with Crippen LogP contribution in [0.2, 0.25) is 0 Å². The molecule has 0 saturated carbocycles. The fourth-order valence-corrected chi connectivity index (χ4v) is 2.17. The van der Waals surface area contributed by atoms with Gasteiger partial charge in [-0.15, -0.1) is 18.3 Å². The van der Waals surface area contributed by atoms with Gasteiger partial charge >= 0.3 is 6.36 Å². The summed E-state index contributed by atoms with van der Waals surface area (Å²) in [4.78, 5) is 3.99. The quantitative estimate of drug-likeness (QED) is 0.750. The zero-order valence-electron chi connectivity index (χ0n) is 10.5. The first kappa shape index (κ1) is 16.9. The van der Waals surface area contributed by atoms with Crippen molar-refractivity contribution in [1.82, 2.24) is 19.5 Å². The van der Waals surface area contributed by atoms with Gasteiger partial charge in [-0.2, -0.15) is 0 Å². The zero-order chi connectivity index (χ0) is 16.3. The molecule has 0 spiro atoms. The smallest absolute Gasteiger partial charge is 0.406 e. The Hall–Kier alpha value is -1.50. The van der Waals surface area contributed by atoms with E-state index < -0.39 is 17.6 Å². The molecule has 120 valence electrons. The monoisotopic (exact) mass is 400 g/mol. The molecular weight excluding hydrogens is 393 g/mol. The Morgan fingerprint density at radius 3 is 2.55 bits per heavy atom. The van der Waals surface area contributed by atoms with Crippen LogP contribution in [0.5, 0.6) is 5.75 Å². The Morgan fingerprint density at radius 1 is 1.36 bits per heavy atom. The van der Waals surface area contributed by atoms with E-state index in [-0.39, 0.29) is 17.0 Å². The molecule has 0 radical (unpaired) electrons. The maximum Gasteiger partial charge on any atom is 0.573 e. The van der Waals surface area contributed by atoms with Gasteiger partial charge in [-0.25, -0.2) is 18.6 Å². The van der Waals surface area contributed by atoms with Gasteiger partial charge in [0.15, 0.2) is 0 Å². The molecule has 1 aromatic heterocycles. The molecule has 1 atom stereocenters. The van der Waals surface area contributed by atoms with Gasteiger partial charge in [0, 0.05) is 0 Å². The van der Waals surface area contributed by atoms with Crippen LogP contribution in [0.1, 0.15) is 5.82 Å². The molecule has 0 bridgehead atoms. The predicted octanol–water partition coefficient (Wildman–Crippen LogP) is 2.15. The lowest BCUT2D eigenvalue weighted by Crippen LogP contribution is -2.19. The van der Waals surface area contributed by atoms with Gasteiger partial charge in [-0.05, 0) is 40.2 Å². The highest BCUT2D eigenvalue weighted by atomic mass is 79.9. The number of benzene rings is 1. The summed E-state index contributed by atoms with van der Waals surface area (Å²) in [5.41, 5.74) is 0.410. The first-order valence-electron chi connectivity index (χ1n) is 5.56. The lowest BCUT2D eigenvalue weighted by atomic mass is 10.3. The largest absolute Gasteiger partial charge is 0.573 e. The van der Waals surface area contributed by atoms with Crippen LogP contribution in [-0.2, 0) is 17.8 Å². The van der Waals surface area contributed by atoms with Crippen molar-refractivity contribution in [3.63, 3.8) is 0 Å². The maximum absolute atomic E-state index is 12.1. The van der Waals surface area contributed by atoms with Crippen LogP contribution in [0.4, 0.5) is 13.2 Å². The summed E-state index contributed by atoms with van der Waals surface area (Å²) in [6.45, 7) is -0.0670. The number of alkyl halides is 3. The molecule has 1 aromatic carbocycles. The van der Waals surface area contributed by atoms with Crippen LogP contribution in [0.25, 0.3) is 5.69 Å². The third kappa shape index (κ3) is 4.76. The Kier molecular flexibility index (Phi) is 5.16. The number of hydrogen-bond acceptors (Lipinski definition) is 4. The third-order valence-corrected chi connectivity index (χ3v) is 3.04. The van der Waals surface area contributed by atoms with Crippen molar-refractivity contribution < 1.29 is 26.7 Å². The van der Waals surface area contributed by atoms with Crippen molar-refractivity contribution in [3.8, 4) is 11.4 Å². The van der Waals surface area contributed by atoms with Crippen molar-refractivity contribution in [2.75, 3.05) is 0 Å². The molecule has 0 saturated heterocycles. The first-order valence-corrected chi connectivity index (χ1v) is 7.46. The molecule has 2 aromatic rings. The summed E-state index contributed by atoms with van der Waals surface area (Å²) in [6.07, 6.45) is -4.77. The van der Waals surface area contributed by atoms with Crippen molar-refractivity contribution >= 4 is 27.2 Å². The van der Waals surface area contributed by atoms with E-state index in [1.54, 1.807) is 0 Å². The summed E-state index contributed by atoms with van der Waals surface area (Å²) in [5.74, 6) is -0.0784. The Labute approximate surface area is 133 Å². The number of halogens is 4. The standard InChI is InChI=1S/C10H8BrF3N4O3S/c11-9-16-8(5-15-22(19)20)18(17-9)6-1-3-7(4-2-6)21-10(12,13)14/h1-4,15H,5H2,(H,19,20). The van der Waals surface area contributed by atoms with Gasteiger partial charge in [0.1, 0.15) is 11.6 Å². The van der Waals surface area contributed by atoms with E-state index >= 15 is 0 Å². The molecule has 0 aliphatic rings. The molecular formula is C10H8BrF3N4O3S. The summed E-state index contributed by atoms with van der Waals surface area (Å²) < 4.78 is 63.1. The van der Waals surface area contributed by atoms with E-state index in [1.165, 1.54) is 16.8 Å². The summed E-state index contributed by atoms with van der Waals surface area (Å²) in [5, 5.41) is 4.00. The van der Waals surface area contributed by atoms with Gasteiger partial charge in [0.2, 0.25) is 16.0 Å². The van der Waals surface area contributed by atoms with Crippen LogP contribution in [0.3, 0.4) is 0 Å². The van der Waals surface area contributed by atoms with Crippen LogP contribution in [0.15, 0.2) is 29.0 Å². The normalized spacial score (nSPS) is 13.1. The summed E-state index contributed by atoms with van der Waals surface area (Å²) >= 11 is 0.831. The second-order valence-corrected chi connectivity index (χ2v) is 5.32. The molecule has 1 heterocycles. The highest BCUT2D eigenvalue weighted by Gasteiger charge is 2.31. The highest BCUT2D eigenvalue weighted by molar-refractivity contribution is 9.10. The third-order valence-electron chi connectivity index (χ3n) is 2.32. The van der Waals surface area contributed by atoms with Crippen LogP contribution in [-0.4, -0.2) is 29.9 Å². The molecule has 0 amide bonds. The van der Waals surface area contributed by atoms with Crippen LogP contribution >= 0.6 is 15.9 Å². The highest BCUT2D eigenvalue weighted by Crippen LogP contribution is 2.24. The maximum atomic E-state index is 12.1. The number of nitrogens with one attached hydrogen (secondary N) is 1. The van der Waals surface area contributed by atoms with E-state index in [4.69, 9.17) is 4.55 Å². The van der Waals surface area contributed by atoms with Gasteiger partial charge in [-0.1, -0.05) is 0 Å². The van der Waals surface area contributed by atoms with Crippen molar-refractivity contribution in [3.05, 3.63) is 34.8 Å². The average Bonchev–Trinajstić information content (AvgIpc) is 2.76. The van der Waals surface area contributed by atoms with Crippen molar-refractivity contribution in [2.45, 2.75) is 12.9 Å². The number of hydrogen-bond donors (Lipinski definition) is 2. The molecule has 1 unspecified atom stereocenters. The van der Waals surface area contributed by atoms with E-state index in [9.17, 15) is 17.4 Å². The van der Waals surface area contributed by atoms with Crippen molar-refractivity contribution in [2.24, 2.45) is 0 Å². The molecule has 22 heavy (non-hydrogen) atoms. The lowest BCUT2D eigenvalue weighted by molar-refractivity contribution is -0.274. The van der Waals surface area contributed by atoms with Crippen LogP contribution < -0.4 is 9.46 Å². The molecule has 12 heteroatoms. The zero-order valence-corrected chi connectivity index (χ0v) is 12.9. The summed E-state index contributed by atoms with van der Waals surface area (Å²) in [6, 6.07) is 4.95. The minimum atomic E-state index is -4.77. The fraction of sp³-hybridized carbons (Fsp3) is 0.200. The topological polar surface area (TPSA) is 89.3 Å². The first-order chi connectivity index (χ1) is 10.2. The molecule has 0 fully saturated rings. The number of ether oxygens (including phenoxy) is 1. The van der Waals surface area contributed by atoms with Gasteiger partial charge in [-0.3, -0.25) is 4.55 Å². The minimum Gasteiger partial charge on any atom is -0.406 e. The summed E-state index contributed by atoms with van der Waals surface area (Å²) in [7, 11) is 0. The minimum absolute atomic E-state index is 0.0670. The van der Waals surface area contributed by atoms with E-state index in [0.29, 0.717) is 11.5 Å². The van der Waals surface area contributed by atoms with E-state index in [1.807, 2.05) is 0 Å². The second kappa shape index (κ2) is 6.73. The molecule has 7 nitrogen and oxygen atoms in total. The number of nitrogens with zero attached hydrogens (tertiary/aromatic N) is 3. The molecule has 2 rings (SSSR count). The van der Waals surface area contributed by atoms with Crippen LogP contribution in [0, 0.1) is 0 Å². The Bertz CT molecular complexity index is 677. The van der Waals surface area contributed by atoms with Gasteiger partial charge < -0.3 is 4.74 Å². The average molecular weight is 401 g/mol. The van der Waals surface area contributed by atoms with E-state index in [2.05, 4.69) is 35.5 Å². The molecule has 0 aliphatic heterocycles. The SMILES string of the molecule is O=S(O)NCc1nc(Br)nn1-c1ccc(OC(F)(F)F)cc1. The van der Waals surface area contributed by atoms with Gasteiger partial charge in [0.05, 0.1) is 12.2 Å². The Balaban J connectivity index is 2.22. The lowest BCUT2D eigenvalue weighted by Gasteiger charge is -2.10. The number of rotatable bonds is 5.